The fourth-order valence-electron chi connectivity index (χ4n) is 4.14. The van der Waals surface area contributed by atoms with Crippen LogP contribution in [0.3, 0.4) is 0 Å². The van der Waals surface area contributed by atoms with Gasteiger partial charge in [0.15, 0.2) is 6.61 Å². The Bertz CT molecular complexity index is 1110. The van der Waals surface area contributed by atoms with Gasteiger partial charge in [0.05, 0.1) is 11.1 Å². The summed E-state index contributed by atoms with van der Waals surface area (Å²) in [6.07, 6.45) is 3.53. The first-order valence-corrected chi connectivity index (χ1v) is 10.5. The van der Waals surface area contributed by atoms with Gasteiger partial charge in [0, 0.05) is 16.8 Å². The van der Waals surface area contributed by atoms with Crippen LogP contribution < -0.4 is 5.32 Å². The van der Waals surface area contributed by atoms with Crippen molar-refractivity contribution in [1.29, 1.82) is 0 Å². The molecule has 5 heteroatoms. The van der Waals surface area contributed by atoms with Crippen LogP contribution in [0.15, 0.2) is 48.5 Å². The molecule has 0 fully saturated rings. The van der Waals surface area contributed by atoms with Crippen LogP contribution in [0.2, 0.25) is 0 Å². The van der Waals surface area contributed by atoms with Crippen molar-refractivity contribution in [3.8, 4) is 0 Å². The Kier molecular flexibility index (Phi) is 5.79. The number of aryl methyl sites for hydroxylation is 2. The zero-order valence-corrected chi connectivity index (χ0v) is 17.4. The molecule has 1 heterocycles. The maximum Gasteiger partial charge on any atom is 0.339 e. The number of aromatic nitrogens is 1. The third kappa shape index (κ3) is 4.06. The predicted molar refractivity (Wildman–Crippen MR) is 118 cm³/mol. The van der Waals surface area contributed by atoms with Crippen molar-refractivity contribution in [1.82, 2.24) is 4.98 Å². The van der Waals surface area contributed by atoms with Crippen molar-refractivity contribution in [2.45, 2.75) is 39.5 Å². The number of carbonyl (C=O) groups is 2. The van der Waals surface area contributed by atoms with E-state index in [-0.39, 0.29) is 12.5 Å². The molecule has 0 saturated carbocycles. The van der Waals surface area contributed by atoms with Gasteiger partial charge >= 0.3 is 5.97 Å². The standard InChI is InChI=1S/C25H26N2O3/c1-3-17-8-4-6-10-20(17)27-23(28)15-30-25(29)24-18-9-5-7-11-21(18)26-22-13-12-16(2)14-19(22)24/h4-11,16H,3,12-15H2,1-2H3,(H,27,28)/t16-/m1/s1. The molecule has 3 aromatic rings. The number of fused-ring (bicyclic) bond motifs is 2. The Morgan fingerprint density at radius 1 is 1.13 bits per heavy atom. The van der Waals surface area contributed by atoms with E-state index in [0.717, 1.165) is 59.1 Å². The van der Waals surface area contributed by atoms with Crippen LogP contribution in [-0.2, 0) is 28.8 Å². The topological polar surface area (TPSA) is 68.3 Å². The van der Waals surface area contributed by atoms with E-state index in [9.17, 15) is 9.59 Å². The first kappa shape index (κ1) is 20.1. The third-order valence-corrected chi connectivity index (χ3v) is 5.72. The largest absolute Gasteiger partial charge is 0.452 e. The number of rotatable bonds is 5. The van der Waals surface area contributed by atoms with Crippen LogP contribution in [0, 0.1) is 5.92 Å². The quantitative estimate of drug-likeness (QED) is 0.627. The second-order valence-electron chi connectivity index (χ2n) is 7.91. The number of benzene rings is 2. The molecular formula is C25H26N2O3. The van der Waals surface area contributed by atoms with E-state index in [4.69, 9.17) is 9.72 Å². The Labute approximate surface area is 176 Å². The van der Waals surface area contributed by atoms with Crippen LogP contribution in [0.4, 0.5) is 5.69 Å². The monoisotopic (exact) mass is 402 g/mol. The summed E-state index contributed by atoms with van der Waals surface area (Å²) < 4.78 is 5.47. The average molecular weight is 402 g/mol. The number of nitrogens with one attached hydrogen (secondary N) is 1. The molecule has 1 aliphatic carbocycles. The molecule has 1 aliphatic rings. The summed E-state index contributed by atoms with van der Waals surface area (Å²) in [7, 11) is 0. The number of carbonyl (C=O) groups excluding carboxylic acids is 2. The molecule has 2 aromatic carbocycles. The maximum absolute atomic E-state index is 13.1. The Balaban J connectivity index is 1.56. The summed E-state index contributed by atoms with van der Waals surface area (Å²) in [4.78, 5) is 30.3. The number of pyridine rings is 1. The molecular weight excluding hydrogens is 376 g/mol. The molecule has 0 radical (unpaired) electrons. The SMILES string of the molecule is CCc1ccccc1NC(=O)COC(=O)c1c2c(nc3ccccc13)CC[C@@H](C)C2. The molecule has 1 atom stereocenters. The highest BCUT2D eigenvalue weighted by molar-refractivity contribution is 6.06. The van der Waals surface area contributed by atoms with E-state index in [2.05, 4.69) is 12.2 Å². The minimum absolute atomic E-state index is 0.322. The normalized spacial score (nSPS) is 15.5. The van der Waals surface area contributed by atoms with Crippen molar-refractivity contribution < 1.29 is 14.3 Å². The second-order valence-corrected chi connectivity index (χ2v) is 7.91. The first-order chi connectivity index (χ1) is 14.6. The van der Waals surface area contributed by atoms with E-state index >= 15 is 0 Å². The molecule has 4 rings (SSSR count). The van der Waals surface area contributed by atoms with Crippen molar-refractivity contribution in [2.75, 3.05) is 11.9 Å². The summed E-state index contributed by atoms with van der Waals surface area (Å²) in [5.41, 5.74) is 5.08. The Morgan fingerprint density at radius 2 is 1.90 bits per heavy atom. The molecule has 0 aliphatic heterocycles. The highest BCUT2D eigenvalue weighted by atomic mass is 16.5. The zero-order chi connectivity index (χ0) is 21.1. The fourth-order valence-corrected chi connectivity index (χ4v) is 4.14. The lowest BCUT2D eigenvalue weighted by Crippen LogP contribution is -2.24. The van der Waals surface area contributed by atoms with Crippen LogP contribution in [-0.4, -0.2) is 23.5 Å². The van der Waals surface area contributed by atoms with Crippen LogP contribution >= 0.6 is 0 Å². The molecule has 1 N–H and O–H groups in total. The lowest BCUT2D eigenvalue weighted by molar-refractivity contribution is -0.119. The van der Waals surface area contributed by atoms with Gasteiger partial charge in [-0.2, -0.15) is 0 Å². The second kappa shape index (κ2) is 8.66. The molecule has 0 saturated heterocycles. The summed E-state index contributed by atoms with van der Waals surface area (Å²) in [6, 6.07) is 15.3. The first-order valence-electron chi connectivity index (χ1n) is 10.5. The van der Waals surface area contributed by atoms with E-state index in [1.807, 2.05) is 55.5 Å². The zero-order valence-electron chi connectivity index (χ0n) is 17.4. The molecule has 154 valence electrons. The predicted octanol–water partition coefficient (Wildman–Crippen LogP) is 4.72. The number of esters is 1. The minimum atomic E-state index is -0.460. The molecule has 0 bridgehead atoms. The smallest absolute Gasteiger partial charge is 0.339 e. The van der Waals surface area contributed by atoms with Crippen LogP contribution in [0.1, 0.15) is 47.4 Å². The number of hydrogen-bond acceptors (Lipinski definition) is 4. The van der Waals surface area contributed by atoms with Gasteiger partial charge in [-0.1, -0.05) is 50.2 Å². The van der Waals surface area contributed by atoms with E-state index < -0.39 is 5.97 Å². The van der Waals surface area contributed by atoms with Gasteiger partial charge in [0.2, 0.25) is 0 Å². The number of para-hydroxylation sites is 2. The van der Waals surface area contributed by atoms with Crippen molar-refractivity contribution in [3.05, 3.63) is 70.9 Å². The number of ether oxygens (including phenoxy) is 1. The molecule has 30 heavy (non-hydrogen) atoms. The lowest BCUT2D eigenvalue weighted by Gasteiger charge is -2.24. The van der Waals surface area contributed by atoms with Gasteiger partial charge in [0.1, 0.15) is 0 Å². The molecule has 0 spiro atoms. The number of hydrogen-bond donors (Lipinski definition) is 1. The minimum Gasteiger partial charge on any atom is -0.452 e. The molecule has 5 nitrogen and oxygen atoms in total. The van der Waals surface area contributed by atoms with Crippen LogP contribution in [0.25, 0.3) is 10.9 Å². The van der Waals surface area contributed by atoms with Gasteiger partial charge in [-0.05, 0) is 54.9 Å². The van der Waals surface area contributed by atoms with Crippen molar-refractivity contribution in [3.63, 3.8) is 0 Å². The number of amides is 1. The van der Waals surface area contributed by atoms with Gasteiger partial charge in [-0.3, -0.25) is 9.78 Å². The summed E-state index contributed by atoms with van der Waals surface area (Å²) in [5, 5.41) is 3.63. The van der Waals surface area contributed by atoms with E-state index in [1.54, 1.807) is 0 Å². The highest BCUT2D eigenvalue weighted by Crippen LogP contribution is 2.32. The third-order valence-electron chi connectivity index (χ3n) is 5.72. The van der Waals surface area contributed by atoms with Gasteiger partial charge in [-0.15, -0.1) is 0 Å². The lowest BCUT2D eigenvalue weighted by atomic mass is 9.84. The van der Waals surface area contributed by atoms with Gasteiger partial charge in [-0.25, -0.2) is 4.79 Å². The molecule has 1 aromatic heterocycles. The highest BCUT2D eigenvalue weighted by Gasteiger charge is 2.26. The Hall–Kier alpha value is -3.21. The summed E-state index contributed by atoms with van der Waals surface area (Å²) >= 11 is 0. The fraction of sp³-hybridized carbons (Fsp3) is 0.320. The average Bonchev–Trinajstić information content (AvgIpc) is 2.76. The molecule has 0 unspecified atom stereocenters. The summed E-state index contributed by atoms with van der Waals surface area (Å²) in [5.74, 6) is -0.316. The van der Waals surface area contributed by atoms with Gasteiger partial charge in [0.25, 0.3) is 5.91 Å². The number of nitrogens with zero attached hydrogens (tertiary/aromatic N) is 1. The Morgan fingerprint density at radius 3 is 2.73 bits per heavy atom. The molecule has 1 amide bonds. The van der Waals surface area contributed by atoms with Gasteiger partial charge < -0.3 is 10.1 Å². The summed E-state index contributed by atoms with van der Waals surface area (Å²) in [6.45, 7) is 3.90. The van der Waals surface area contributed by atoms with Crippen molar-refractivity contribution >= 4 is 28.5 Å². The number of anilines is 1. The van der Waals surface area contributed by atoms with E-state index in [1.165, 1.54) is 0 Å². The van der Waals surface area contributed by atoms with Crippen LogP contribution in [0.5, 0.6) is 0 Å². The van der Waals surface area contributed by atoms with Crippen molar-refractivity contribution in [2.24, 2.45) is 5.92 Å². The van der Waals surface area contributed by atoms with E-state index in [0.29, 0.717) is 11.5 Å². The maximum atomic E-state index is 13.1.